The van der Waals surface area contributed by atoms with Crippen molar-refractivity contribution in [1.82, 2.24) is 0 Å². The molecule has 0 spiro atoms. The van der Waals surface area contributed by atoms with Gasteiger partial charge in [0.05, 0.1) is 6.61 Å². The van der Waals surface area contributed by atoms with Crippen LogP contribution >= 0.6 is 40.6 Å². The Balaban J connectivity index is 0. The van der Waals surface area contributed by atoms with Crippen LogP contribution in [0.1, 0.15) is 6.92 Å². The quantitative estimate of drug-likeness (QED) is 0.340. The van der Waals surface area contributed by atoms with Crippen LogP contribution in [-0.4, -0.2) is 34.6 Å². The highest BCUT2D eigenvalue weighted by Gasteiger charge is 2.21. The van der Waals surface area contributed by atoms with E-state index in [1.165, 1.54) is 6.66 Å². The highest BCUT2D eigenvalue weighted by atomic mass is 31.1. The average Bonchev–Trinajstić information content (AvgIpc) is 2.86. The first-order valence-electron chi connectivity index (χ1n) is 10.0. The van der Waals surface area contributed by atoms with Crippen LogP contribution in [0.25, 0.3) is 0 Å². The van der Waals surface area contributed by atoms with Crippen molar-refractivity contribution in [2.24, 2.45) is 0 Å². The minimum absolute atomic E-state index is 0.479. The van der Waals surface area contributed by atoms with Crippen LogP contribution in [0.5, 0.6) is 0 Å². The second-order valence-corrected chi connectivity index (χ2v) is 10.9. The molecule has 3 N–H and O–H groups in total. The molecule has 0 heterocycles. The van der Waals surface area contributed by atoms with Gasteiger partial charge in [-0.25, -0.2) is 0 Å². The molecule has 192 valence electrons. The lowest BCUT2D eigenvalue weighted by Gasteiger charge is -1.87. The summed E-state index contributed by atoms with van der Waals surface area (Å²) in [6.45, 7) is 5.14. The fraction of sp³-hybridized carbons (Fsp3) is 0.182. The predicted octanol–water partition coefficient (Wildman–Crippen LogP) is 5.18. The summed E-state index contributed by atoms with van der Waals surface area (Å²) in [5.74, 6) is 0. The van der Waals surface area contributed by atoms with Crippen molar-refractivity contribution < 1.29 is 42.0 Å². The Morgan fingerprint density at radius 2 is 0.972 bits per heavy atom. The molecule has 4 atom stereocenters. The van der Waals surface area contributed by atoms with Gasteiger partial charge >= 0.3 is 40.6 Å². The Morgan fingerprint density at radius 3 is 1.14 bits per heavy atom. The van der Waals surface area contributed by atoms with Gasteiger partial charge in [0, 0.05) is 0 Å². The van der Waals surface area contributed by atoms with E-state index < -0.39 is 40.6 Å². The van der Waals surface area contributed by atoms with Crippen LogP contribution in [0.15, 0.2) is 91.0 Å². The molecule has 0 radical (unpaired) electrons. The molecule has 14 heteroatoms. The van der Waals surface area contributed by atoms with E-state index in [1.54, 1.807) is 30.9 Å². The van der Waals surface area contributed by atoms with Crippen LogP contribution in [-0.2, 0) is 27.3 Å². The Labute approximate surface area is 216 Å². The second-order valence-electron chi connectivity index (χ2n) is 5.99. The highest BCUT2D eigenvalue weighted by molar-refractivity contribution is 7.61. The van der Waals surface area contributed by atoms with Crippen LogP contribution in [0.3, 0.4) is 0 Å². The lowest BCUT2D eigenvalue weighted by atomic mass is 10.4. The summed E-state index contributed by atoms with van der Waals surface area (Å²) in [6.07, 6.45) is 0. The Morgan fingerprint density at radius 1 is 0.694 bits per heavy atom. The van der Waals surface area contributed by atoms with Gasteiger partial charge in [-0.05, 0) is 61.6 Å². The molecule has 36 heavy (non-hydrogen) atoms. The van der Waals surface area contributed by atoms with Crippen molar-refractivity contribution in [3.05, 3.63) is 91.0 Å². The maximum Gasteiger partial charge on any atom is 0.546 e. The van der Waals surface area contributed by atoms with Crippen molar-refractivity contribution in [1.29, 1.82) is 0 Å². The molecule has 9 nitrogen and oxygen atoms in total. The summed E-state index contributed by atoms with van der Waals surface area (Å²) < 4.78 is 54.5. The van der Waals surface area contributed by atoms with E-state index in [2.05, 4.69) is 4.52 Å². The maximum atomic E-state index is 12.0. The van der Waals surface area contributed by atoms with Gasteiger partial charge in [-0.15, -0.1) is 4.52 Å². The van der Waals surface area contributed by atoms with Crippen LogP contribution in [0.2, 0.25) is 0 Å². The van der Waals surface area contributed by atoms with Gasteiger partial charge in [-0.1, -0.05) is 59.2 Å². The maximum absolute atomic E-state index is 12.0. The molecule has 0 saturated carbocycles. The normalized spacial score (nSPS) is 10.2. The second kappa shape index (κ2) is 24.7. The molecular weight excluding hydrogens is 563 g/mol. The van der Waals surface area contributed by atoms with Crippen molar-refractivity contribution >= 4 is 56.5 Å². The van der Waals surface area contributed by atoms with Crippen molar-refractivity contribution in [2.75, 3.05) is 19.9 Å². The minimum Gasteiger partial charge on any atom is -0.162 e. The lowest BCUT2D eigenvalue weighted by Crippen LogP contribution is -2.04. The molecule has 3 rings (SSSR count). The van der Waals surface area contributed by atoms with E-state index in [-0.39, 0.29) is 0 Å². The number of hydrogen-bond acceptors (Lipinski definition) is 6. The Bertz CT molecular complexity index is 992. The molecule has 0 fully saturated rings. The standard InChI is InChI=1S/C12H10OP.C6H5O2P.C3H8O2P.CH3O2P.HO2P/c13-14(11-7-3-1-4-8-11)12-9-5-2-6-10-12;7-9(8)6-4-2-1-3-5-6;1-3-5-6(2)4;1-4(2)3;1-3-2/h1-10H;1-5H;3H2,1-2H3;1H3;3H/q+1;;+1;;/p+3. The lowest BCUT2D eigenvalue weighted by molar-refractivity contribution is 0.354. The fourth-order valence-corrected chi connectivity index (χ4v) is 3.99. The van der Waals surface area contributed by atoms with E-state index in [0.29, 0.717) is 11.9 Å². The van der Waals surface area contributed by atoms with Gasteiger partial charge in [0.2, 0.25) is 5.30 Å². The summed E-state index contributed by atoms with van der Waals surface area (Å²) >= 11 is 0. The topological polar surface area (TPSA) is 155 Å². The number of rotatable bonds is 5. The van der Waals surface area contributed by atoms with Crippen LogP contribution < -0.4 is 15.9 Å². The first-order valence-corrected chi connectivity index (χ1v) is 16.6. The number of benzene rings is 3. The molecule has 3 aromatic rings. The molecule has 0 amide bonds. The van der Waals surface area contributed by atoms with E-state index in [0.717, 1.165) is 10.6 Å². The molecule has 0 aromatic heterocycles. The molecule has 0 aliphatic heterocycles. The summed E-state index contributed by atoms with van der Waals surface area (Å²) in [4.78, 5) is 23.1. The largest absolute Gasteiger partial charge is 0.546 e. The fourth-order valence-electron chi connectivity index (χ4n) is 2.01. The molecule has 0 bridgehead atoms. The third-order valence-corrected chi connectivity index (χ3v) is 6.17. The van der Waals surface area contributed by atoms with E-state index >= 15 is 0 Å². The van der Waals surface area contributed by atoms with Gasteiger partial charge in [0.1, 0.15) is 0 Å². The third kappa shape index (κ3) is 22.5. The van der Waals surface area contributed by atoms with Gasteiger partial charge in [-0.2, -0.15) is 14.7 Å². The van der Waals surface area contributed by atoms with E-state index in [1.807, 2.05) is 73.7 Å². The zero-order valence-corrected chi connectivity index (χ0v) is 24.5. The molecular formula is C22H30O9P5+5. The van der Waals surface area contributed by atoms with Crippen LogP contribution in [0.4, 0.5) is 0 Å². The highest BCUT2D eigenvalue weighted by Crippen LogP contribution is 2.18. The molecule has 0 saturated heterocycles. The first-order chi connectivity index (χ1) is 17.1. The monoisotopic (exact) mass is 593 g/mol. The van der Waals surface area contributed by atoms with Gasteiger partial charge in [-0.3, -0.25) is 0 Å². The molecule has 0 aliphatic carbocycles. The summed E-state index contributed by atoms with van der Waals surface area (Å²) in [6, 6.07) is 27.6. The minimum atomic E-state index is -2.15. The van der Waals surface area contributed by atoms with Crippen LogP contribution in [0, 0.1) is 0 Å². The van der Waals surface area contributed by atoms with Gasteiger partial charge in [0.25, 0.3) is 0 Å². The molecule has 4 unspecified atom stereocenters. The van der Waals surface area contributed by atoms with Crippen molar-refractivity contribution in [3.63, 3.8) is 0 Å². The zero-order chi connectivity index (χ0) is 27.8. The molecule has 0 aliphatic rings. The number of hydrogen-bond donors (Lipinski definition) is 3. The first kappa shape index (κ1) is 36.2. The third-order valence-electron chi connectivity index (χ3n) is 3.27. The summed E-state index contributed by atoms with van der Waals surface area (Å²) in [5, 5.41) is 2.25. The Hall–Kier alpha value is -2.00. The smallest absolute Gasteiger partial charge is 0.162 e. The summed E-state index contributed by atoms with van der Waals surface area (Å²) in [7, 11) is -7.95. The average molecular weight is 593 g/mol. The van der Waals surface area contributed by atoms with Crippen molar-refractivity contribution in [2.45, 2.75) is 6.92 Å². The SMILES string of the molecule is CCO[P+](C)=O.C[P+](=O)O.O=[P+](O)c1ccccc1.O=[P+](c1ccccc1)c1ccccc1.O=[PH+]O. The molecule has 3 aromatic carbocycles. The van der Waals surface area contributed by atoms with Crippen molar-refractivity contribution in [3.8, 4) is 0 Å². The summed E-state index contributed by atoms with van der Waals surface area (Å²) in [5.41, 5.74) is 0. The zero-order valence-electron chi connectivity index (χ0n) is 19.9. The van der Waals surface area contributed by atoms with E-state index in [4.69, 9.17) is 23.8 Å². The Kier molecular flexibility index (Phi) is 24.8. The van der Waals surface area contributed by atoms with Gasteiger partial charge < -0.3 is 0 Å². The van der Waals surface area contributed by atoms with Gasteiger partial charge in [0.15, 0.2) is 23.9 Å². The predicted molar refractivity (Wildman–Crippen MR) is 148 cm³/mol. The van der Waals surface area contributed by atoms with E-state index in [9.17, 15) is 13.7 Å².